The average molecular weight is 258 g/mol. The van der Waals surface area contributed by atoms with Gasteiger partial charge in [0.05, 0.1) is 6.42 Å². The Morgan fingerprint density at radius 3 is 2.17 bits per heavy atom. The summed E-state index contributed by atoms with van der Waals surface area (Å²) in [5, 5.41) is 0. The van der Waals surface area contributed by atoms with Crippen LogP contribution in [0.5, 0.6) is 0 Å². The van der Waals surface area contributed by atoms with Crippen LogP contribution in [0.4, 0.5) is 13.2 Å². The van der Waals surface area contributed by atoms with Gasteiger partial charge in [0.2, 0.25) is 0 Å². The summed E-state index contributed by atoms with van der Waals surface area (Å²) in [7, 11) is 0. The number of Topliss-reactive ketones (excluding diaryl/α,β-unsaturated/α-hetero) is 1. The number of hydrogen-bond donors (Lipinski definition) is 0. The molecule has 0 fully saturated rings. The third kappa shape index (κ3) is 4.17. The van der Waals surface area contributed by atoms with Gasteiger partial charge in [-0.15, -0.1) is 0 Å². The molecule has 1 aromatic rings. The Bertz CT molecular complexity index is 427. The van der Waals surface area contributed by atoms with Gasteiger partial charge in [-0.1, -0.05) is 45.0 Å². The van der Waals surface area contributed by atoms with Crippen LogP contribution in [0.1, 0.15) is 49.5 Å². The largest absolute Gasteiger partial charge is 0.389 e. The molecule has 0 aliphatic carbocycles. The Morgan fingerprint density at radius 1 is 1.11 bits per heavy atom. The molecule has 0 N–H and O–H groups in total. The second-order valence-electron chi connectivity index (χ2n) is 5.33. The van der Waals surface area contributed by atoms with E-state index in [1.165, 1.54) is 0 Å². The number of hydrogen-bond acceptors (Lipinski definition) is 1. The van der Waals surface area contributed by atoms with E-state index in [9.17, 15) is 18.0 Å². The predicted octanol–water partition coefficient (Wildman–Crippen LogP) is 4.51. The fourth-order valence-electron chi connectivity index (χ4n) is 1.77. The third-order valence-corrected chi connectivity index (χ3v) is 2.67. The van der Waals surface area contributed by atoms with Crippen LogP contribution in [0.25, 0.3) is 0 Å². The quantitative estimate of drug-likeness (QED) is 0.729. The van der Waals surface area contributed by atoms with Gasteiger partial charge in [-0.2, -0.15) is 13.2 Å². The molecule has 0 aliphatic heterocycles. The zero-order valence-corrected chi connectivity index (χ0v) is 10.8. The van der Waals surface area contributed by atoms with Crippen LogP contribution in [-0.2, 0) is 5.41 Å². The van der Waals surface area contributed by atoms with E-state index in [1.807, 2.05) is 20.8 Å². The van der Waals surface area contributed by atoms with Crippen LogP contribution in [0, 0.1) is 0 Å². The maximum absolute atomic E-state index is 12.1. The van der Waals surface area contributed by atoms with Gasteiger partial charge in [-0.25, -0.2) is 0 Å². The number of benzene rings is 1. The van der Waals surface area contributed by atoms with Crippen molar-refractivity contribution in [2.24, 2.45) is 0 Å². The highest BCUT2D eigenvalue weighted by atomic mass is 19.4. The maximum Gasteiger partial charge on any atom is 0.389 e. The number of alkyl halides is 3. The Hall–Kier alpha value is -1.32. The van der Waals surface area contributed by atoms with E-state index < -0.39 is 24.8 Å². The van der Waals surface area contributed by atoms with E-state index in [0.29, 0.717) is 5.56 Å². The SMILES string of the molecule is CC(C)(C)c1ccccc1C(=O)CCC(F)(F)F. The van der Waals surface area contributed by atoms with Crippen LogP contribution in [0.15, 0.2) is 24.3 Å². The summed E-state index contributed by atoms with van der Waals surface area (Å²) < 4.78 is 36.3. The van der Waals surface area contributed by atoms with Crippen molar-refractivity contribution in [1.82, 2.24) is 0 Å². The smallest absolute Gasteiger partial charge is 0.294 e. The van der Waals surface area contributed by atoms with E-state index >= 15 is 0 Å². The number of rotatable bonds is 3. The zero-order chi connectivity index (χ0) is 14.0. The molecule has 0 amide bonds. The first-order chi connectivity index (χ1) is 8.11. The highest BCUT2D eigenvalue weighted by molar-refractivity contribution is 5.97. The fraction of sp³-hybridized carbons (Fsp3) is 0.500. The predicted molar refractivity (Wildman–Crippen MR) is 64.8 cm³/mol. The molecular formula is C14H17F3O. The van der Waals surface area contributed by atoms with Crippen molar-refractivity contribution in [3.63, 3.8) is 0 Å². The molecule has 0 unspecified atom stereocenters. The molecule has 1 aromatic carbocycles. The minimum Gasteiger partial charge on any atom is -0.294 e. The summed E-state index contributed by atoms with van der Waals surface area (Å²) in [5.41, 5.74) is 0.927. The highest BCUT2D eigenvalue weighted by Gasteiger charge is 2.29. The molecule has 18 heavy (non-hydrogen) atoms. The zero-order valence-electron chi connectivity index (χ0n) is 10.8. The number of carbonyl (C=O) groups excluding carboxylic acids is 1. The molecule has 0 atom stereocenters. The second kappa shape index (κ2) is 5.12. The van der Waals surface area contributed by atoms with Crippen molar-refractivity contribution in [3.05, 3.63) is 35.4 Å². The van der Waals surface area contributed by atoms with Crippen LogP contribution in [0.2, 0.25) is 0 Å². The van der Waals surface area contributed by atoms with Crippen molar-refractivity contribution < 1.29 is 18.0 Å². The normalized spacial score (nSPS) is 12.6. The van der Waals surface area contributed by atoms with Gasteiger partial charge >= 0.3 is 6.18 Å². The first kappa shape index (κ1) is 14.7. The molecule has 0 saturated carbocycles. The molecule has 0 saturated heterocycles. The highest BCUT2D eigenvalue weighted by Crippen LogP contribution is 2.28. The van der Waals surface area contributed by atoms with E-state index in [0.717, 1.165) is 5.56 Å². The van der Waals surface area contributed by atoms with Crippen LogP contribution in [0.3, 0.4) is 0 Å². The monoisotopic (exact) mass is 258 g/mol. The molecular weight excluding hydrogens is 241 g/mol. The first-order valence-electron chi connectivity index (χ1n) is 5.81. The molecule has 0 radical (unpaired) electrons. The van der Waals surface area contributed by atoms with Crippen molar-refractivity contribution in [1.29, 1.82) is 0 Å². The number of ketones is 1. The lowest BCUT2D eigenvalue weighted by atomic mass is 9.82. The standard InChI is InChI=1S/C14H17F3O/c1-13(2,3)11-7-5-4-6-10(11)12(18)8-9-14(15,16)17/h4-7H,8-9H2,1-3H3. The minimum atomic E-state index is -4.29. The van der Waals surface area contributed by atoms with Crippen molar-refractivity contribution >= 4 is 5.78 Å². The molecule has 0 aromatic heterocycles. The van der Waals surface area contributed by atoms with Gasteiger partial charge in [0.15, 0.2) is 5.78 Å². The van der Waals surface area contributed by atoms with Crippen molar-refractivity contribution in [2.45, 2.75) is 45.2 Å². The van der Waals surface area contributed by atoms with Gasteiger partial charge in [0, 0.05) is 12.0 Å². The Labute approximate surface area is 105 Å². The lowest BCUT2D eigenvalue weighted by Crippen LogP contribution is -2.18. The second-order valence-corrected chi connectivity index (χ2v) is 5.33. The Morgan fingerprint density at radius 2 is 1.67 bits per heavy atom. The maximum atomic E-state index is 12.1. The summed E-state index contributed by atoms with van der Waals surface area (Å²) in [6, 6.07) is 6.86. The Kier molecular flexibility index (Phi) is 4.20. The van der Waals surface area contributed by atoms with E-state index in [4.69, 9.17) is 0 Å². The first-order valence-corrected chi connectivity index (χ1v) is 5.81. The summed E-state index contributed by atoms with van der Waals surface area (Å²) in [5.74, 6) is -0.446. The lowest BCUT2D eigenvalue weighted by Gasteiger charge is -2.22. The van der Waals surface area contributed by atoms with Gasteiger partial charge in [-0.3, -0.25) is 4.79 Å². The summed E-state index contributed by atoms with van der Waals surface area (Å²) in [4.78, 5) is 11.9. The van der Waals surface area contributed by atoms with E-state index in [-0.39, 0.29) is 5.41 Å². The fourth-order valence-corrected chi connectivity index (χ4v) is 1.77. The average Bonchev–Trinajstić information content (AvgIpc) is 2.24. The lowest BCUT2D eigenvalue weighted by molar-refractivity contribution is -0.133. The third-order valence-electron chi connectivity index (χ3n) is 2.67. The van der Waals surface area contributed by atoms with Crippen LogP contribution < -0.4 is 0 Å². The molecule has 1 rings (SSSR count). The molecule has 0 bridgehead atoms. The molecule has 1 nitrogen and oxygen atoms in total. The van der Waals surface area contributed by atoms with E-state index in [1.54, 1.807) is 24.3 Å². The molecule has 4 heteroatoms. The minimum absolute atomic E-state index is 0.259. The number of halogens is 3. The van der Waals surface area contributed by atoms with Crippen LogP contribution in [-0.4, -0.2) is 12.0 Å². The van der Waals surface area contributed by atoms with Gasteiger partial charge < -0.3 is 0 Å². The van der Waals surface area contributed by atoms with Gasteiger partial charge in [0.25, 0.3) is 0 Å². The summed E-state index contributed by atoms with van der Waals surface area (Å²) in [6.07, 6.45) is -5.84. The van der Waals surface area contributed by atoms with Crippen molar-refractivity contribution in [2.75, 3.05) is 0 Å². The summed E-state index contributed by atoms with van der Waals surface area (Å²) in [6.45, 7) is 5.80. The molecule has 0 heterocycles. The Balaban J connectivity index is 2.93. The topological polar surface area (TPSA) is 17.1 Å². The van der Waals surface area contributed by atoms with E-state index in [2.05, 4.69) is 0 Å². The van der Waals surface area contributed by atoms with Crippen molar-refractivity contribution in [3.8, 4) is 0 Å². The molecule has 0 spiro atoms. The van der Waals surface area contributed by atoms with Crippen LogP contribution >= 0.6 is 0 Å². The number of carbonyl (C=O) groups is 1. The van der Waals surface area contributed by atoms with Gasteiger partial charge in [0.1, 0.15) is 0 Å². The molecule has 100 valence electrons. The molecule has 0 aliphatic rings. The van der Waals surface area contributed by atoms with Gasteiger partial charge in [-0.05, 0) is 11.0 Å². The summed E-state index contributed by atoms with van der Waals surface area (Å²) >= 11 is 0.